The van der Waals surface area contributed by atoms with Gasteiger partial charge < -0.3 is 15.2 Å². The van der Waals surface area contributed by atoms with Crippen molar-refractivity contribution >= 4 is 33.9 Å². The zero-order valence-corrected chi connectivity index (χ0v) is 14.5. The third-order valence-electron chi connectivity index (χ3n) is 3.08. The standard InChI is InChI=1S/C18H16BrNO4/c1-12(21)20-17(18(22)23)10-13-6-8-15(9-7-13)24-11-14-4-2-3-5-16(14)19/h2-10H,11H2,1H3,(H,20,21)(H,22,23). The highest BCUT2D eigenvalue weighted by atomic mass is 79.9. The van der Waals surface area contributed by atoms with E-state index in [2.05, 4.69) is 21.2 Å². The van der Waals surface area contributed by atoms with Crippen molar-refractivity contribution in [2.75, 3.05) is 0 Å². The average Bonchev–Trinajstić information content (AvgIpc) is 2.54. The molecule has 6 heteroatoms. The Morgan fingerprint density at radius 2 is 1.83 bits per heavy atom. The minimum atomic E-state index is -1.19. The van der Waals surface area contributed by atoms with E-state index in [1.165, 1.54) is 13.0 Å². The molecule has 0 spiro atoms. The van der Waals surface area contributed by atoms with Gasteiger partial charge in [-0.2, -0.15) is 0 Å². The summed E-state index contributed by atoms with van der Waals surface area (Å²) in [5.74, 6) is -0.962. The minimum Gasteiger partial charge on any atom is -0.489 e. The van der Waals surface area contributed by atoms with Crippen molar-refractivity contribution in [3.8, 4) is 5.75 Å². The fraction of sp³-hybridized carbons (Fsp3) is 0.111. The van der Waals surface area contributed by atoms with Gasteiger partial charge in [-0.05, 0) is 29.8 Å². The molecule has 2 aromatic rings. The topological polar surface area (TPSA) is 75.6 Å². The number of rotatable bonds is 6. The van der Waals surface area contributed by atoms with Gasteiger partial charge in [-0.15, -0.1) is 0 Å². The van der Waals surface area contributed by atoms with Gasteiger partial charge in [0, 0.05) is 17.0 Å². The van der Waals surface area contributed by atoms with Crippen molar-refractivity contribution in [3.63, 3.8) is 0 Å². The molecule has 0 fully saturated rings. The molecule has 0 aliphatic heterocycles. The van der Waals surface area contributed by atoms with Crippen LogP contribution in [0.15, 0.2) is 58.7 Å². The number of carboxylic acid groups (broad SMARTS) is 1. The Kier molecular flexibility index (Phi) is 6.14. The first-order valence-electron chi connectivity index (χ1n) is 7.14. The quantitative estimate of drug-likeness (QED) is 0.740. The lowest BCUT2D eigenvalue weighted by molar-refractivity contribution is -0.134. The van der Waals surface area contributed by atoms with Crippen LogP contribution in [0, 0.1) is 0 Å². The number of benzene rings is 2. The molecule has 1 amide bonds. The van der Waals surface area contributed by atoms with E-state index >= 15 is 0 Å². The lowest BCUT2D eigenvalue weighted by Gasteiger charge is -2.08. The maximum Gasteiger partial charge on any atom is 0.352 e. The van der Waals surface area contributed by atoms with Crippen molar-refractivity contribution in [2.24, 2.45) is 0 Å². The number of carboxylic acids is 1. The van der Waals surface area contributed by atoms with Crippen LogP contribution in [0.4, 0.5) is 0 Å². The van der Waals surface area contributed by atoms with Gasteiger partial charge in [-0.3, -0.25) is 4.79 Å². The van der Waals surface area contributed by atoms with E-state index < -0.39 is 11.9 Å². The Morgan fingerprint density at radius 3 is 2.42 bits per heavy atom. The van der Waals surface area contributed by atoms with Gasteiger partial charge in [0.05, 0.1) is 0 Å². The molecule has 0 aliphatic rings. The first-order valence-corrected chi connectivity index (χ1v) is 7.94. The molecule has 0 saturated carbocycles. The second-order valence-electron chi connectivity index (χ2n) is 4.99. The van der Waals surface area contributed by atoms with E-state index in [1.807, 2.05) is 24.3 Å². The number of ether oxygens (including phenoxy) is 1. The molecule has 0 bridgehead atoms. The van der Waals surface area contributed by atoms with Crippen molar-refractivity contribution in [3.05, 3.63) is 69.8 Å². The minimum absolute atomic E-state index is 0.176. The Morgan fingerprint density at radius 1 is 1.17 bits per heavy atom. The molecular weight excluding hydrogens is 374 g/mol. The van der Waals surface area contributed by atoms with Crippen molar-refractivity contribution in [2.45, 2.75) is 13.5 Å². The average molecular weight is 390 g/mol. The van der Waals surface area contributed by atoms with Crippen molar-refractivity contribution in [1.82, 2.24) is 5.32 Å². The summed E-state index contributed by atoms with van der Waals surface area (Å²) < 4.78 is 6.69. The second kappa shape index (κ2) is 8.31. The van der Waals surface area contributed by atoms with E-state index in [9.17, 15) is 9.59 Å². The lowest BCUT2D eigenvalue weighted by Crippen LogP contribution is -2.24. The Balaban J connectivity index is 2.06. The molecule has 124 valence electrons. The Labute approximate surface area is 148 Å². The van der Waals surface area contributed by atoms with Crippen LogP contribution in [-0.2, 0) is 16.2 Å². The summed E-state index contributed by atoms with van der Waals surface area (Å²) in [5, 5.41) is 11.3. The predicted molar refractivity (Wildman–Crippen MR) is 94.3 cm³/mol. The van der Waals surface area contributed by atoms with Gasteiger partial charge in [0.1, 0.15) is 18.1 Å². The van der Waals surface area contributed by atoms with Gasteiger partial charge in [0.15, 0.2) is 0 Å². The van der Waals surface area contributed by atoms with E-state index in [1.54, 1.807) is 24.3 Å². The van der Waals surface area contributed by atoms with Crippen LogP contribution in [0.1, 0.15) is 18.1 Å². The van der Waals surface area contributed by atoms with Crippen LogP contribution in [0.3, 0.4) is 0 Å². The summed E-state index contributed by atoms with van der Waals surface area (Å²) in [6.45, 7) is 1.68. The number of nitrogens with one attached hydrogen (secondary N) is 1. The smallest absolute Gasteiger partial charge is 0.352 e. The molecule has 0 radical (unpaired) electrons. The second-order valence-corrected chi connectivity index (χ2v) is 5.85. The van der Waals surface area contributed by atoms with Crippen LogP contribution >= 0.6 is 15.9 Å². The largest absolute Gasteiger partial charge is 0.489 e. The van der Waals surface area contributed by atoms with Gasteiger partial charge in [0.2, 0.25) is 5.91 Å². The number of carbonyl (C=O) groups excluding carboxylic acids is 1. The highest BCUT2D eigenvalue weighted by molar-refractivity contribution is 9.10. The normalized spacial score (nSPS) is 11.0. The number of amides is 1. The van der Waals surface area contributed by atoms with E-state index in [0.29, 0.717) is 17.9 Å². The summed E-state index contributed by atoms with van der Waals surface area (Å²) in [5.41, 5.74) is 1.50. The molecule has 2 rings (SSSR count). The van der Waals surface area contributed by atoms with E-state index in [0.717, 1.165) is 10.0 Å². The summed E-state index contributed by atoms with van der Waals surface area (Å²) in [7, 11) is 0. The zero-order chi connectivity index (χ0) is 17.5. The first-order chi connectivity index (χ1) is 11.5. The van der Waals surface area contributed by atoms with Crippen molar-refractivity contribution < 1.29 is 19.4 Å². The van der Waals surface area contributed by atoms with Crippen LogP contribution in [0.5, 0.6) is 5.75 Å². The summed E-state index contributed by atoms with van der Waals surface area (Å²) >= 11 is 3.46. The summed E-state index contributed by atoms with van der Waals surface area (Å²) in [6.07, 6.45) is 1.39. The Bertz CT molecular complexity index is 769. The third kappa shape index (κ3) is 5.24. The number of aliphatic carboxylic acids is 1. The third-order valence-corrected chi connectivity index (χ3v) is 3.86. The van der Waals surface area contributed by atoms with Crippen LogP contribution in [0.2, 0.25) is 0 Å². The summed E-state index contributed by atoms with van der Waals surface area (Å²) in [4.78, 5) is 22.1. The molecule has 2 aromatic carbocycles. The molecule has 2 N–H and O–H groups in total. The van der Waals surface area contributed by atoms with E-state index in [4.69, 9.17) is 9.84 Å². The first kappa shape index (κ1) is 17.7. The molecule has 0 aromatic heterocycles. The highest BCUT2D eigenvalue weighted by Crippen LogP contribution is 2.20. The van der Waals surface area contributed by atoms with Gasteiger partial charge >= 0.3 is 5.97 Å². The molecule has 0 atom stereocenters. The molecule has 5 nitrogen and oxygen atoms in total. The van der Waals surface area contributed by atoms with Crippen LogP contribution in [0.25, 0.3) is 6.08 Å². The number of halogens is 1. The Hall–Kier alpha value is -2.60. The fourth-order valence-electron chi connectivity index (χ4n) is 1.94. The van der Waals surface area contributed by atoms with Crippen molar-refractivity contribution in [1.29, 1.82) is 0 Å². The van der Waals surface area contributed by atoms with E-state index in [-0.39, 0.29) is 5.70 Å². The highest BCUT2D eigenvalue weighted by Gasteiger charge is 2.08. The maximum atomic E-state index is 11.1. The lowest BCUT2D eigenvalue weighted by atomic mass is 10.2. The van der Waals surface area contributed by atoms with Crippen LogP contribution in [-0.4, -0.2) is 17.0 Å². The summed E-state index contributed by atoms with van der Waals surface area (Å²) in [6, 6.07) is 14.7. The maximum absolute atomic E-state index is 11.1. The van der Waals surface area contributed by atoms with Gasteiger partial charge in [0.25, 0.3) is 0 Å². The molecule has 0 heterocycles. The predicted octanol–water partition coefficient (Wildman–Crippen LogP) is 3.59. The fourth-order valence-corrected chi connectivity index (χ4v) is 2.34. The molecule has 24 heavy (non-hydrogen) atoms. The van der Waals surface area contributed by atoms with Crippen LogP contribution < -0.4 is 10.1 Å². The van der Waals surface area contributed by atoms with Gasteiger partial charge in [-0.25, -0.2) is 4.79 Å². The molecule has 0 saturated heterocycles. The molecular formula is C18H16BrNO4. The van der Waals surface area contributed by atoms with Gasteiger partial charge in [-0.1, -0.05) is 46.3 Å². The number of carbonyl (C=O) groups is 2. The molecule has 0 unspecified atom stereocenters. The SMILES string of the molecule is CC(=O)NC(=Cc1ccc(OCc2ccccc2Br)cc1)C(=O)O. The number of hydrogen-bond donors (Lipinski definition) is 2. The molecule has 0 aliphatic carbocycles. The zero-order valence-electron chi connectivity index (χ0n) is 13.0. The number of hydrogen-bond acceptors (Lipinski definition) is 3. The monoisotopic (exact) mass is 389 g/mol.